The molecule has 1 nitrogen and oxygen atoms in total. The third-order valence-corrected chi connectivity index (χ3v) is 3.93. The van der Waals surface area contributed by atoms with E-state index in [2.05, 4.69) is 12.2 Å². The quantitative estimate of drug-likeness (QED) is 0.633. The molecule has 0 aromatic heterocycles. The summed E-state index contributed by atoms with van der Waals surface area (Å²) in [4.78, 5) is 0. The summed E-state index contributed by atoms with van der Waals surface area (Å²) in [7, 11) is 0. The molecule has 1 aliphatic carbocycles. The Labute approximate surface area is 75.9 Å². The summed E-state index contributed by atoms with van der Waals surface area (Å²) in [6.45, 7) is 3.61. The standard InChI is InChI=1S/C11H21N/c1-2-10-5-8-11(12-9-10)6-3-4-7-11/h10,12H,2-9H2,1H3. The molecule has 1 N–H and O–H groups in total. The summed E-state index contributed by atoms with van der Waals surface area (Å²) in [5.41, 5.74) is 0.603. The molecule has 70 valence electrons. The molecule has 0 amide bonds. The zero-order chi connectivity index (χ0) is 8.44. The summed E-state index contributed by atoms with van der Waals surface area (Å²) in [6, 6.07) is 0. The van der Waals surface area contributed by atoms with Crippen molar-refractivity contribution < 1.29 is 0 Å². The molecule has 1 heterocycles. The average Bonchev–Trinajstić information content (AvgIpc) is 2.55. The second kappa shape index (κ2) is 3.37. The van der Waals surface area contributed by atoms with Crippen LogP contribution in [0.5, 0.6) is 0 Å². The molecule has 0 aromatic carbocycles. The summed E-state index contributed by atoms with van der Waals surface area (Å²) >= 11 is 0. The predicted octanol–water partition coefficient (Wildman–Crippen LogP) is 2.71. The fraction of sp³-hybridized carbons (Fsp3) is 1.00. The lowest BCUT2D eigenvalue weighted by atomic mass is 9.82. The van der Waals surface area contributed by atoms with Gasteiger partial charge >= 0.3 is 0 Å². The number of rotatable bonds is 1. The van der Waals surface area contributed by atoms with Crippen LogP contribution in [0.3, 0.4) is 0 Å². The second-order valence-electron chi connectivity index (χ2n) is 4.68. The largest absolute Gasteiger partial charge is 0.311 e. The Balaban J connectivity index is 1.88. The maximum absolute atomic E-state index is 3.80. The Hall–Kier alpha value is -0.0400. The minimum absolute atomic E-state index is 0.603. The lowest BCUT2D eigenvalue weighted by molar-refractivity contribution is 0.207. The highest BCUT2D eigenvalue weighted by molar-refractivity contribution is 4.96. The fourth-order valence-corrected chi connectivity index (χ4v) is 2.86. The summed E-state index contributed by atoms with van der Waals surface area (Å²) in [5.74, 6) is 0.969. The van der Waals surface area contributed by atoms with E-state index in [4.69, 9.17) is 0 Å². The number of piperidine rings is 1. The second-order valence-corrected chi connectivity index (χ2v) is 4.68. The van der Waals surface area contributed by atoms with Crippen LogP contribution in [0.2, 0.25) is 0 Å². The van der Waals surface area contributed by atoms with Gasteiger partial charge in [-0.25, -0.2) is 0 Å². The molecule has 1 aliphatic heterocycles. The zero-order valence-corrected chi connectivity index (χ0v) is 8.23. The van der Waals surface area contributed by atoms with Crippen molar-refractivity contribution in [3.05, 3.63) is 0 Å². The van der Waals surface area contributed by atoms with Gasteiger partial charge in [0.15, 0.2) is 0 Å². The average molecular weight is 167 g/mol. The first kappa shape index (κ1) is 8.55. The van der Waals surface area contributed by atoms with E-state index in [1.807, 2.05) is 0 Å². The van der Waals surface area contributed by atoms with Crippen LogP contribution in [-0.2, 0) is 0 Å². The van der Waals surface area contributed by atoms with Gasteiger partial charge in [0.2, 0.25) is 0 Å². The van der Waals surface area contributed by atoms with Gasteiger partial charge in [-0.3, -0.25) is 0 Å². The van der Waals surface area contributed by atoms with Gasteiger partial charge < -0.3 is 5.32 Å². The van der Waals surface area contributed by atoms with E-state index in [0.29, 0.717) is 5.54 Å². The molecule has 1 atom stereocenters. The van der Waals surface area contributed by atoms with Crippen LogP contribution in [0.15, 0.2) is 0 Å². The SMILES string of the molecule is CCC1CCC2(CCCC2)NC1. The van der Waals surface area contributed by atoms with Crippen LogP contribution in [0.4, 0.5) is 0 Å². The maximum atomic E-state index is 3.80. The minimum Gasteiger partial charge on any atom is -0.311 e. The maximum Gasteiger partial charge on any atom is 0.0181 e. The first-order chi connectivity index (χ1) is 5.85. The van der Waals surface area contributed by atoms with Crippen molar-refractivity contribution in [3.63, 3.8) is 0 Å². The zero-order valence-electron chi connectivity index (χ0n) is 8.23. The molecule has 2 rings (SSSR count). The summed E-state index contributed by atoms with van der Waals surface area (Å²) in [5, 5.41) is 3.80. The van der Waals surface area contributed by atoms with Crippen molar-refractivity contribution in [2.75, 3.05) is 6.54 Å². The van der Waals surface area contributed by atoms with Gasteiger partial charge in [-0.1, -0.05) is 26.2 Å². The number of hydrogen-bond acceptors (Lipinski definition) is 1. The Bertz CT molecular complexity index is 137. The number of hydrogen-bond donors (Lipinski definition) is 1. The lowest BCUT2D eigenvalue weighted by Gasteiger charge is -2.38. The van der Waals surface area contributed by atoms with E-state index >= 15 is 0 Å². The Morgan fingerprint density at radius 1 is 1.25 bits per heavy atom. The predicted molar refractivity (Wildman–Crippen MR) is 52.2 cm³/mol. The minimum atomic E-state index is 0.603. The summed E-state index contributed by atoms with van der Waals surface area (Å²) < 4.78 is 0. The smallest absolute Gasteiger partial charge is 0.0181 e. The van der Waals surface area contributed by atoms with Crippen molar-refractivity contribution in [1.82, 2.24) is 5.32 Å². The van der Waals surface area contributed by atoms with E-state index in [-0.39, 0.29) is 0 Å². The van der Waals surface area contributed by atoms with Gasteiger partial charge in [0.05, 0.1) is 0 Å². The molecule has 12 heavy (non-hydrogen) atoms. The van der Waals surface area contributed by atoms with Crippen LogP contribution in [0.25, 0.3) is 0 Å². The van der Waals surface area contributed by atoms with Crippen LogP contribution >= 0.6 is 0 Å². The molecule has 1 spiro atoms. The molecule has 1 unspecified atom stereocenters. The molecular weight excluding hydrogens is 146 g/mol. The van der Waals surface area contributed by atoms with Crippen LogP contribution in [0, 0.1) is 5.92 Å². The monoisotopic (exact) mass is 167 g/mol. The Morgan fingerprint density at radius 3 is 2.50 bits per heavy atom. The molecule has 1 saturated heterocycles. The van der Waals surface area contributed by atoms with Crippen LogP contribution in [-0.4, -0.2) is 12.1 Å². The van der Waals surface area contributed by atoms with Crippen molar-refractivity contribution in [2.24, 2.45) is 5.92 Å². The normalized spacial score (nSPS) is 34.2. The molecule has 2 fully saturated rings. The van der Waals surface area contributed by atoms with E-state index < -0.39 is 0 Å². The topological polar surface area (TPSA) is 12.0 Å². The van der Waals surface area contributed by atoms with E-state index in [9.17, 15) is 0 Å². The third kappa shape index (κ3) is 1.52. The Kier molecular flexibility index (Phi) is 2.40. The molecule has 1 heteroatoms. The van der Waals surface area contributed by atoms with E-state index in [0.717, 1.165) is 5.92 Å². The molecule has 0 bridgehead atoms. The van der Waals surface area contributed by atoms with Crippen molar-refractivity contribution in [1.29, 1.82) is 0 Å². The molecule has 0 aromatic rings. The van der Waals surface area contributed by atoms with Crippen LogP contribution in [0.1, 0.15) is 51.9 Å². The summed E-state index contributed by atoms with van der Waals surface area (Å²) in [6.07, 6.45) is 10.1. The first-order valence-corrected chi connectivity index (χ1v) is 5.60. The van der Waals surface area contributed by atoms with Gasteiger partial charge in [0.1, 0.15) is 0 Å². The van der Waals surface area contributed by atoms with Crippen molar-refractivity contribution >= 4 is 0 Å². The number of nitrogens with one attached hydrogen (secondary N) is 1. The lowest BCUT2D eigenvalue weighted by Crippen LogP contribution is -2.49. The molecular formula is C11H21N. The highest BCUT2D eigenvalue weighted by Gasteiger charge is 2.36. The Morgan fingerprint density at radius 2 is 2.00 bits per heavy atom. The van der Waals surface area contributed by atoms with Crippen LogP contribution < -0.4 is 5.32 Å². The van der Waals surface area contributed by atoms with Crippen molar-refractivity contribution in [2.45, 2.75) is 57.4 Å². The van der Waals surface area contributed by atoms with Gasteiger partial charge in [-0.15, -0.1) is 0 Å². The highest BCUT2D eigenvalue weighted by atomic mass is 15.0. The highest BCUT2D eigenvalue weighted by Crippen LogP contribution is 2.37. The van der Waals surface area contributed by atoms with E-state index in [1.54, 1.807) is 0 Å². The van der Waals surface area contributed by atoms with Gasteiger partial charge in [0, 0.05) is 5.54 Å². The molecule has 1 saturated carbocycles. The van der Waals surface area contributed by atoms with Gasteiger partial charge in [-0.05, 0) is 38.1 Å². The molecule has 2 aliphatic rings. The fourth-order valence-electron chi connectivity index (χ4n) is 2.86. The van der Waals surface area contributed by atoms with Crippen molar-refractivity contribution in [3.8, 4) is 0 Å². The van der Waals surface area contributed by atoms with Gasteiger partial charge in [-0.2, -0.15) is 0 Å². The van der Waals surface area contributed by atoms with Gasteiger partial charge in [0.25, 0.3) is 0 Å². The first-order valence-electron chi connectivity index (χ1n) is 5.60. The third-order valence-electron chi connectivity index (χ3n) is 3.93. The van der Waals surface area contributed by atoms with E-state index in [1.165, 1.54) is 51.5 Å². The molecule has 0 radical (unpaired) electrons.